The molecule has 1 N–H and O–H groups in total. The molecule has 1 spiro atoms. The second kappa shape index (κ2) is 3.70. The number of carbonyl (C=O) groups is 1. The molecule has 0 aromatic heterocycles. The lowest BCUT2D eigenvalue weighted by molar-refractivity contribution is -0.128. The first-order valence-corrected chi connectivity index (χ1v) is 7.06. The quantitative estimate of drug-likeness (QED) is 0.784. The molecule has 6 heteroatoms. The topological polar surface area (TPSA) is 72.5 Å². The van der Waals surface area contributed by atoms with E-state index in [9.17, 15) is 13.2 Å². The zero-order valence-corrected chi connectivity index (χ0v) is 10.3. The first-order chi connectivity index (χ1) is 7.35. The first kappa shape index (κ1) is 11.9. The molecule has 0 radical (unpaired) electrons. The van der Waals surface area contributed by atoms with E-state index in [-0.39, 0.29) is 5.41 Å². The molecule has 5 nitrogen and oxygen atoms in total. The average Bonchev–Trinajstić information content (AvgIpc) is 2.75. The van der Waals surface area contributed by atoms with Gasteiger partial charge in [-0.3, -0.25) is 9.52 Å². The number of sulfonamides is 1. The summed E-state index contributed by atoms with van der Waals surface area (Å²) in [6.07, 6.45) is 2.25. The van der Waals surface area contributed by atoms with Crippen LogP contribution in [0.2, 0.25) is 0 Å². The van der Waals surface area contributed by atoms with Crippen LogP contribution in [0.25, 0.3) is 0 Å². The zero-order chi connectivity index (χ0) is 12.0. The van der Waals surface area contributed by atoms with E-state index in [0.717, 1.165) is 12.8 Å². The highest BCUT2D eigenvalue weighted by molar-refractivity contribution is 7.90. The van der Waals surface area contributed by atoms with Crippen LogP contribution in [0.5, 0.6) is 0 Å². The maximum atomic E-state index is 11.7. The number of amides is 1. The number of hydrogen-bond donors (Lipinski definition) is 1. The first-order valence-electron chi connectivity index (χ1n) is 5.52. The molecule has 92 valence electrons. The Labute approximate surface area is 95.6 Å². The van der Waals surface area contributed by atoms with E-state index < -0.39 is 27.3 Å². The van der Waals surface area contributed by atoms with Crippen molar-refractivity contribution in [2.75, 3.05) is 6.61 Å². The summed E-state index contributed by atoms with van der Waals surface area (Å²) < 4.78 is 30.4. The van der Waals surface area contributed by atoms with Gasteiger partial charge in [0.15, 0.2) is 0 Å². The van der Waals surface area contributed by atoms with Crippen molar-refractivity contribution in [2.24, 2.45) is 5.41 Å². The number of ether oxygens (including phenoxy) is 1. The average molecular weight is 247 g/mol. The van der Waals surface area contributed by atoms with Gasteiger partial charge in [-0.15, -0.1) is 0 Å². The number of rotatable bonds is 3. The predicted molar refractivity (Wildman–Crippen MR) is 58.2 cm³/mol. The SMILES string of the molecule is CC(C)S(=O)(=O)NC(=O)C1CC2(CC2)CO1. The van der Waals surface area contributed by atoms with Crippen LogP contribution in [0.4, 0.5) is 0 Å². The van der Waals surface area contributed by atoms with Crippen LogP contribution in [0, 0.1) is 5.41 Å². The molecule has 1 amide bonds. The maximum Gasteiger partial charge on any atom is 0.262 e. The van der Waals surface area contributed by atoms with Gasteiger partial charge < -0.3 is 4.74 Å². The zero-order valence-electron chi connectivity index (χ0n) is 9.52. The Kier molecular flexibility index (Phi) is 2.74. The van der Waals surface area contributed by atoms with Gasteiger partial charge in [0.05, 0.1) is 11.9 Å². The van der Waals surface area contributed by atoms with Crippen LogP contribution in [-0.2, 0) is 19.6 Å². The molecule has 2 aliphatic rings. The van der Waals surface area contributed by atoms with Crippen molar-refractivity contribution >= 4 is 15.9 Å². The fourth-order valence-electron chi connectivity index (χ4n) is 1.81. The van der Waals surface area contributed by atoms with Gasteiger partial charge in [0.1, 0.15) is 6.10 Å². The highest BCUT2D eigenvalue weighted by Crippen LogP contribution is 2.53. The van der Waals surface area contributed by atoms with Crippen LogP contribution >= 0.6 is 0 Å². The Bertz CT molecular complexity index is 397. The van der Waals surface area contributed by atoms with Crippen molar-refractivity contribution in [1.82, 2.24) is 4.72 Å². The van der Waals surface area contributed by atoms with E-state index in [1.165, 1.54) is 13.8 Å². The molecular formula is C10H17NO4S. The van der Waals surface area contributed by atoms with Crippen LogP contribution < -0.4 is 4.72 Å². The van der Waals surface area contributed by atoms with E-state index in [0.29, 0.717) is 13.0 Å². The molecule has 0 aromatic carbocycles. The molecular weight excluding hydrogens is 230 g/mol. The Morgan fingerprint density at radius 1 is 1.44 bits per heavy atom. The van der Waals surface area contributed by atoms with Crippen molar-refractivity contribution in [2.45, 2.75) is 44.5 Å². The van der Waals surface area contributed by atoms with Crippen LogP contribution in [0.3, 0.4) is 0 Å². The molecule has 1 saturated heterocycles. The van der Waals surface area contributed by atoms with E-state index in [4.69, 9.17) is 4.74 Å². The summed E-state index contributed by atoms with van der Waals surface area (Å²) in [5.41, 5.74) is 0.184. The molecule has 1 aliphatic carbocycles. The summed E-state index contributed by atoms with van der Waals surface area (Å²) in [4.78, 5) is 11.7. The molecule has 1 unspecified atom stereocenters. The van der Waals surface area contributed by atoms with Crippen LogP contribution in [0.15, 0.2) is 0 Å². The van der Waals surface area contributed by atoms with Gasteiger partial charge in [-0.05, 0) is 38.5 Å². The third-order valence-electron chi connectivity index (χ3n) is 3.32. The van der Waals surface area contributed by atoms with Gasteiger partial charge >= 0.3 is 0 Å². The lowest BCUT2D eigenvalue weighted by Crippen LogP contribution is -2.41. The third-order valence-corrected chi connectivity index (χ3v) is 5.05. The summed E-state index contributed by atoms with van der Waals surface area (Å²) in [6, 6.07) is 0. The van der Waals surface area contributed by atoms with Crippen LogP contribution in [-0.4, -0.2) is 32.3 Å². The minimum atomic E-state index is -3.53. The van der Waals surface area contributed by atoms with Crippen molar-refractivity contribution in [3.8, 4) is 0 Å². The van der Waals surface area contributed by atoms with Gasteiger partial charge in [-0.2, -0.15) is 0 Å². The van der Waals surface area contributed by atoms with Gasteiger partial charge in [0, 0.05) is 0 Å². The molecule has 1 heterocycles. The fourth-order valence-corrected chi connectivity index (χ4v) is 2.45. The fraction of sp³-hybridized carbons (Fsp3) is 0.900. The van der Waals surface area contributed by atoms with Crippen molar-refractivity contribution in [3.63, 3.8) is 0 Å². The van der Waals surface area contributed by atoms with Crippen molar-refractivity contribution in [3.05, 3.63) is 0 Å². The third kappa shape index (κ3) is 2.22. The smallest absolute Gasteiger partial charge is 0.262 e. The summed E-state index contributed by atoms with van der Waals surface area (Å²) in [6.45, 7) is 3.66. The number of carbonyl (C=O) groups excluding carboxylic acids is 1. The second-order valence-electron chi connectivity index (χ2n) is 5.06. The summed E-state index contributed by atoms with van der Waals surface area (Å²) in [5.74, 6) is -0.516. The summed E-state index contributed by atoms with van der Waals surface area (Å²) in [7, 11) is -3.53. The summed E-state index contributed by atoms with van der Waals surface area (Å²) >= 11 is 0. The number of hydrogen-bond acceptors (Lipinski definition) is 4. The Morgan fingerprint density at radius 2 is 2.06 bits per heavy atom. The standard InChI is InChI=1S/C10H17NO4S/c1-7(2)16(13,14)11-9(12)8-5-10(3-4-10)6-15-8/h7-8H,3-6H2,1-2H3,(H,11,12). The van der Waals surface area contributed by atoms with Crippen LogP contribution in [0.1, 0.15) is 33.1 Å². The molecule has 1 saturated carbocycles. The summed E-state index contributed by atoms with van der Waals surface area (Å²) in [5, 5.41) is -0.604. The molecule has 0 aromatic rings. The Morgan fingerprint density at radius 3 is 2.50 bits per heavy atom. The maximum absolute atomic E-state index is 11.7. The lowest BCUT2D eigenvalue weighted by atomic mass is 10.0. The van der Waals surface area contributed by atoms with E-state index in [1.54, 1.807) is 0 Å². The highest BCUT2D eigenvalue weighted by atomic mass is 32.2. The lowest BCUT2D eigenvalue weighted by Gasteiger charge is -2.12. The van der Waals surface area contributed by atoms with Crippen molar-refractivity contribution < 1.29 is 17.9 Å². The van der Waals surface area contributed by atoms with Gasteiger partial charge in [0.25, 0.3) is 5.91 Å². The van der Waals surface area contributed by atoms with Gasteiger partial charge in [-0.25, -0.2) is 8.42 Å². The van der Waals surface area contributed by atoms with E-state index in [2.05, 4.69) is 4.72 Å². The molecule has 16 heavy (non-hydrogen) atoms. The molecule has 2 rings (SSSR count). The minimum Gasteiger partial charge on any atom is -0.368 e. The van der Waals surface area contributed by atoms with E-state index >= 15 is 0 Å². The minimum absolute atomic E-state index is 0.184. The largest absolute Gasteiger partial charge is 0.368 e. The molecule has 1 aliphatic heterocycles. The molecule has 2 fully saturated rings. The number of nitrogens with one attached hydrogen (secondary N) is 1. The normalized spacial score (nSPS) is 27.3. The van der Waals surface area contributed by atoms with Gasteiger partial charge in [-0.1, -0.05) is 0 Å². The van der Waals surface area contributed by atoms with Gasteiger partial charge in [0.2, 0.25) is 10.0 Å². The Hall–Kier alpha value is -0.620. The van der Waals surface area contributed by atoms with E-state index in [1.807, 2.05) is 0 Å². The second-order valence-corrected chi connectivity index (χ2v) is 7.30. The monoisotopic (exact) mass is 247 g/mol. The highest BCUT2D eigenvalue weighted by Gasteiger charge is 2.51. The molecule has 1 atom stereocenters. The predicted octanol–water partition coefficient (Wildman–Crippen LogP) is 0.410. The molecule has 0 bridgehead atoms. The Balaban J connectivity index is 1.94. The van der Waals surface area contributed by atoms with Crippen molar-refractivity contribution in [1.29, 1.82) is 0 Å².